The van der Waals surface area contributed by atoms with Crippen LogP contribution in [0.3, 0.4) is 0 Å². The number of aromatic nitrogens is 5. The van der Waals surface area contributed by atoms with Crippen LogP contribution in [0.2, 0.25) is 0 Å². The normalized spacial score (nSPS) is 11.5. The van der Waals surface area contributed by atoms with Crippen molar-refractivity contribution in [3.05, 3.63) is 273 Å². The van der Waals surface area contributed by atoms with Gasteiger partial charge in [0.05, 0.1) is 22.1 Å². The lowest BCUT2D eigenvalue weighted by Gasteiger charge is -2.17. The highest BCUT2D eigenvalue weighted by Crippen LogP contribution is 2.44. The van der Waals surface area contributed by atoms with Gasteiger partial charge in [0.1, 0.15) is 0 Å². The minimum absolute atomic E-state index is 0.549. The van der Waals surface area contributed by atoms with E-state index in [1.807, 2.05) is 36.4 Å². The lowest BCUT2D eigenvalue weighted by molar-refractivity contribution is 0.953. The molecule has 5 heteroatoms. The van der Waals surface area contributed by atoms with E-state index in [-0.39, 0.29) is 0 Å². The molecule has 0 aliphatic rings. The van der Waals surface area contributed by atoms with Gasteiger partial charge < -0.3 is 4.57 Å². The predicted octanol–water partition coefficient (Wildman–Crippen LogP) is 17.7. The molecule has 0 saturated heterocycles. The van der Waals surface area contributed by atoms with Gasteiger partial charge in [0.15, 0.2) is 11.6 Å². The van der Waals surface area contributed by atoms with E-state index in [9.17, 15) is 0 Å². The summed E-state index contributed by atoms with van der Waals surface area (Å²) in [5, 5.41) is 4.52. The molecule has 11 aromatic carbocycles. The fourth-order valence-corrected chi connectivity index (χ4v) is 11.0. The lowest BCUT2D eigenvalue weighted by Crippen LogP contribution is -2.07. The number of benzene rings is 11. The van der Waals surface area contributed by atoms with E-state index in [4.69, 9.17) is 15.0 Å². The molecule has 14 rings (SSSR count). The Morgan fingerprint density at radius 2 is 0.595 bits per heavy atom. The molecule has 3 heterocycles. The Hall–Kier alpha value is -9.97. The van der Waals surface area contributed by atoms with Crippen molar-refractivity contribution in [2.45, 2.75) is 0 Å². The summed E-state index contributed by atoms with van der Waals surface area (Å²) in [6.45, 7) is 0. The quantitative estimate of drug-likeness (QED) is 0.145. The van der Waals surface area contributed by atoms with Gasteiger partial charge in [0.25, 0.3) is 0 Å². The summed E-state index contributed by atoms with van der Waals surface area (Å²) in [4.78, 5) is 15.8. The highest BCUT2D eigenvalue weighted by atomic mass is 15.2. The van der Waals surface area contributed by atoms with E-state index < -0.39 is 0 Å². The van der Waals surface area contributed by atoms with E-state index >= 15 is 0 Å². The second-order valence-corrected chi connectivity index (χ2v) is 18.7. The molecule has 346 valence electrons. The predicted molar refractivity (Wildman–Crippen MR) is 307 cm³/mol. The molecule has 0 unspecified atom stereocenters. The first kappa shape index (κ1) is 42.9. The van der Waals surface area contributed by atoms with Crippen LogP contribution in [0, 0.1) is 0 Å². The summed E-state index contributed by atoms with van der Waals surface area (Å²) in [6.07, 6.45) is 0. The van der Waals surface area contributed by atoms with E-state index in [0.29, 0.717) is 17.6 Å². The highest BCUT2D eigenvalue weighted by Gasteiger charge is 2.24. The summed E-state index contributed by atoms with van der Waals surface area (Å²) in [5.74, 6) is 1.77. The van der Waals surface area contributed by atoms with Gasteiger partial charge in [-0.1, -0.05) is 243 Å². The maximum absolute atomic E-state index is 5.36. The molecule has 74 heavy (non-hydrogen) atoms. The zero-order valence-corrected chi connectivity index (χ0v) is 40.2. The smallest absolute Gasteiger partial charge is 0.238 e. The van der Waals surface area contributed by atoms with Crippen LogP contribution in [-0.4, -0.2) is 24.1 Å². The fraction of sp³-hybridized carbons (Fsp3) is 0. The molecular weight excluding hydrogens is 899 g/mol. The van der Waals surface area contributed by atoms with Gasteiger partial charge >= 0.3 is 0 Å². The van der Waals surface area contributed by atoms with Gasteiger partial charge in [-0.25, -0.2) is 4.98 Å². The Bertz CT molecular complexity index is 4330. The summed E-state index contributed by atoms with van der Waals surface area (Å²) in [6, 6.07) is 97.4. The molecule has 0 atom stereocenters. The van der Waals surface area contributed by atoms with Crippen molar-refractivity contribution < 1.29 is 0 Å². The third-order valence-electron chi connectivity index (χ3n) is 14.4. The topological polar surface area (TPSA) is 48.5 Å². The zero-order chi connectivity index (χ0) is 49.0. The molecule has 0 aliphatic heterocycles. The molecule has 0 saturated carbocycles. The largest absolute Gasteiger partial charge is 0.307 e. The Balaban J connectivity index is 1.05. The second kappa shape index (κ2) is 18.0. The number of fused-ring (bicyclic) bond motifs is 7. The van der Waals surface area contributed by atoms with E-state index in [1.54, 1.807) is 0 Å². The van der Waals surface area contributed by atoms with Crippen LogP contribution in [0.25, 0.3) is 134 Å². The van der Waals surface area contributed by atoms with Gasteiger partial charge in [-0.05, 0) is 86.0 Å². The number of rotatable bonds is 9. The summed E-state index contributed by atoms with van der Waals surface area (Å²) in [5.41, 5.74) is 18.7. The molecule has 0 bridgehead atoms. The first-order valence-corrected chi connectivity index (χ1v) is 25.1. The first-order valence-electron chi connectivity index (χ1n) is 25.1. The Labute approximate surface area is 428 Å². The molecule has 5 nitrogen and oxygen atoms in total. The van der Waals surface area contributed by atoms with Crippen LogP contribution in [0.1, 0.15) is 0 Å². The van der Waals surface area contributed by atoms with E-state index in [0.717, 1.165) is 82.7 Å². The Kier molecular flexibility index (Phi) is 10.4. The molecule has 0 N–H and O–H groups in total. The monoisotopic (exact) mass is 943 g/mol. The molecule has 0 spiro atoms. The van der Waals surface area contributed by atoms with E-state index in [1.165, 1.54) is 33.4 Å². The summed E-state index contributed by atoms with van der Waals surface area (Å²) in [7, 11) is 0. The average Bonchev–Trinajstić information content (AvgIpc) is 4.07. The van der Waals surface area contributed by atoms with Crippen LogP contribution < -0.4 is 0 Å². The molecule has 0 aliphatic carbocycles. The van der Waals surface area contributed by atoms with Gasteiger partial charge in [-0.3, -0.25) is 4.57 Å². The minimum Gasteiger partial charge on any atom is -0.307 e. The minimum atomic E-state index is 0.549. The fourth-order valence-electron chi connectivity index (χ4n) is 11.0. The first-order chi connectivity index (χ1) is 36.7. The van der Waals surface area contributed by atoms with Crippen molar-refractivity contribution in [1.82, 2.24) is 24.1 Å². The third-order valence-corrected chi connectivity index (χ3v) is 14.4. The van der Waals surface area contributed by atoms with Gasteiger partial charge in [-0.2, -0.15) is 9.97 Å². The maximum Gasteiger partial charge on any atom is 0.238 e. The third kappa shape index (κ3) is 7.37. The summed E-state index contributed by atoms with van der Waals surface area (Å²) >= 11 is 0. The van der Waals surface area contributed by atoms with Crippen molar-refractivity contribution in [3.8, 4) is 90.0 Å². The highest BCUT2D eigenvalue weighted by molar-refractivity contribution is 6.23. The molecule has 0 amide bonds. The van der Waals surface area contributed by atoms with Crippen molar-refractivity contribution in [2.24, 2.45) is 0 Å². The van der Waals surface area contributed by atoms with E-state index in [2.05, 4.69) is 246 Å². The van der Waals surface area contributed by atoms with Gasteiger partial charge in [0.2, 0.25) is 5.95 Å². The molecule has 14 aromatic rings. The van der Waals surface area contributed by atoms with Crippen LogP contribution in [0.4, 0.5) is 0 Å². The Morgan fingerprint density at radius 3 is 1.09 bits per heavy atom. The standard InChI is InChI=1S/C69H45N5/c1-5-21-47(22-6-1)55-29-13-14-31-57(55)49-39-37-46(38-40-49)52-43-53(58-32-16-15-30-56(58)48-23-7-2-8-24-48)45-54(44-52)73-63-35-19-17-33-59(63)61-41-42-62-60-34-18-20-36-64(60)74(66(62)65(61)73)69-71-67(50-25-9-3-10-26-50)70-68(72-69)51-27-11-4-12-28-51/h1-45H. The molecule has 0 fully saturated rings. The average molecular weight is 944 g/mol. The molecular formula is C69H45N5. The SMILES string of the molecule is c1ccc(-c2nc(-c3ccccc3)nc(-n3c4ccccc4c4ccc5c6ccccc6n(-c6cc(-c7ccc(-c8ccccc8-c8ccccc8)cc7)cc(-c7ccccc7-c7ccccc7)c6)c5c43)n2)cc1. The molecule has 3 aromatic heterocycles. The number of nitrogens with zero attached hydrogens (tertiary/aromatic N) is 5. The van der Waals surface area contributed by atoms with Crippen molar-refractivity contribution in [2.75, 3.05) is 0 Å². The van der Waals surface area contributed by atoms with Gasteiger partial charge in [-0.15, -0.1) is 0 Å². The van der Waals surface area contributed by atoms with Crippen LogP contribution in [0.5, 0.6) is 0 Å². The summed E-state index contributed by atoms with van der Waals surface area (Å²) < 4.78 is 4.74. The Morgan fingerprint density at radius 1 is 0.230 bits per heavy atom. The molecule has 0 radical (unpaired) electrons. The maximum atomic E-state index is 5.36. The number of para-hydroxylation sites is 2. The van der Waals surface area contributed by atoms with Crippen LogP contribution in [0.15, 0.2) is 273 Å². The van der Waals surface area contributed by atoms with Crippen molar-refractivity contribution in [3.63, 3.8) is 0 Å². The van der Waals surface area contributed by atoms with Crippen LogP contribution in [-0.2, 0) is 0 Å². The van der Waals surface area contributed by atoms with Crippen molar-refractivity contribution in [1.29, 1.82) is 0 Å². The second-order valence-electron chi connectivity index (χ2n) is 18.7. The lowest BCUT2D eigenvalue weighted by atomic mass is 9.91. The zero-order valence-electron chi connectivity index (χ0n) is 40.2. The number of hydrogen-bond acceptors (Lipinski definition) is 3. The van der Waals surface area contributed by atoms with Crippen LogP contribution >= 0.6 is 0 Å². The van der Waals surface area contributed by atoms with Gasteiger partial charge in [0, 0.05) is 38.4 Å². The number of hydrogen-bond donors (Lipinski definition) is 0. The van der Waals surface area contributed by atoms with Crippen molar-refractivity contribution >= 4 is 43.6 Å².